The molecule has 0 aliphatic heterocycles. The van der Waals surface area contributed by atoms with Crippen molar-refractivity contribution in [1.29, 1.82) is 0 Å². The van der Waals surface area contributed by atoms with Crippen molar-refractivity contribution in [2.75, 3.05) is 5.73 Å². The molecule has 21 heavy (non-hydrogen) atoms. The van der Waals surface area contributed by atoms with Gasteiger partial charge in [0.15, 0.2) is 0 Å². The van der Waals surface area contributed by atoms with E-state index in [-0.39, 0.29) is 0 Å². The van der Waals surface area contributed by atoms with Crippen LogP contribution in [0.15, 0.2) is 36.4 Å². The van der Waals surface area contributed by atoms with Crippen LogP contribution in [0.5, 0.6) is 0 Å². The van der Waals surface area contributed by atoms with Crippen LogP contribution < -0.4 is 5.73 Å². The molecule has 1 aliphatic rings. The Bertz CT molecular complexity index is 826. The number of benzene rings is 2. The number of aryl methyl sites for hydroxylation is 1. The number of hydrogen-bond donors (Lipinski definition) is 1. The van der Waals surface area contributed by atoms with Gasteiger partial charge in [0.05, 0.1) is 11.0 Å². The Hall–Kier alpha value is -2.00. The molecule has 1 aromatic heterocycles. The Morgan fingerprint density at radius 1 is 1.19 bits per heavy atom. The lowest BCUT2D eigenvalue weighted by atomic mass is 10.2. The molecule has 106 valence electrons. The minimum Gasteiger partial charge on any atom is -0.399 e. The average Bonchev–Trinajstić information content (AvgIpc) is 3.18. The summed E-state index contributed by atoms with van der Waals surface area (Å²) >= 11 is 6.15. The zero-order valence-corrected chi connectivity index (χ0v) is 12.6. The highest BCUT2D eigenvalue weighted by Gasteiger charge is 2.28. The van der Waals surface area contributed by atoms with Crippen LogP contribution in [0.3, 0.4) is 0 Å². The van der Waals surface area contributed by atoms with Gasteiger partial charge in [-0.2, -0.15) is 0 Å². The molecule has 0 amide bonds. The SMILES string of the molecule is Cc1ccc2c(c1)nc(-c1cc(N)cc(Cl)c1)n2C1CC1. The van der Waals surface area contributed by atoms with E-state index in [1.165, 1.54) is 23.9 Å². The molecule has 1 aliphatic carbocycles. The summed E-state index contributed by atoms with van der Waals surface area (Å²) in [6, 6.07) is 12.6. The van der Waals surface area contributed by atoms with E-state index in [0.717, 1.165) is 16.9 Å². The number of hydrogen-bond acceptors (Lipinski definition) is 2. The Labute approximate surface area is 128 Å². The van der Waals surface area contributed by atoms with Crippen molar-refractivity contribution < 1.29 is 0 Å². The quantitative estimate of drug-likeness (QED) is 0.703. The van der Waals surface area contributed by atoms with E-state index in [1.807, 2.05) is 12.1 Å². The first kappa shape index (κ1) is 12.7. The second-order valence-electron chi connectivity index (χ2n) is 5.80. The lowest BCUT2D eigenvalue weighted by Gasteiger charge is -2.09. The van der Waals surface area contributed by atoms with E-state index >= 15 is 0 Å². The van der Waals surface area contributed by atoms with Crippen molar-refractivity contribution in [3.05, 3.63) is 47.0 Å². The molecule has 1 heterocycles. The zero-order valence-electron chi connectivity index (χ0n) is 11.8. The van der Waals surface area contributed by atoms with Crippen LogP contribution in [0.25, 0.3) is 22.4 Å². The minimum absolute atomic E-state index is 0.549. The summed E-state index contributed by atoms with van der Waals surface area (Å²) in [5.74, 6) is 0.965. The Morgan fingerprint density at radius 3 is 2.71 bits per heavy atom. The average molecular weight is 298 g/mol. The first-order chi connectivity index (χ1) is 10.1. The maximum atomic E-state index is 6.15. The van der Waals surface area contributed by atoms with E-state index < -0.39 is 0 Å². The smallest absolute Gasteiger partial charge is 0.141 e. The first-order valence-corrected chi connectivity index (χ1v) is 7.54. The van der Waals surface area contributed by atoms with Crippen LogP contribution in [0.2, 0.25) is 5.02 Å². The van der Waals surface area contributed by atoms with Crippen LogP contribution >= 0.6 is 11.6 Å². The first-order valence-electron chi connectivity index (χ1n) is 7.17. The highest BCUT2D eigenvalue weighted by molar-refractivity contribution is 6.31. The van der Waals surface area contributed by atoms with Gasteiger partial charge in [0.25, 0.3) is 0 Å². The van der Waals surface area contributed by atoms with E-state index in [4.69, 9.17) is 22.3 Å². The third-order valence-electron chi connectivity index (χ3n) is 3.94. The summed E-state index contributed by atoms with van der Waals surface area (Å²) in [5, 5.41) is 0.649. The Morgan fingerprint density at radius 2 is 2.00 bits per heavy atom. The van der Waals surface area contributed by atoms with Gasteiger partial charge < -0.3 is 10.3 Å². The number of nitrogens with zero attached hydrogens (tertiary/aromatic N) is 2. The summed E-state index contributed by atoms with van der Waals surface area (Å²) in [7, 11) is 0. The van der Waals surface area contributed by atoms with Gasteiger partial charge in [-0.25, -0.2) is 4.98 Å². The van der Waals surface area contributed by atoms with Crippen molar-refractivity contribution >= 4 is 28.3 Å². The highest BCUT2D eigenvalue weighted by Crippen LogP contribution is 2.41. The summed E-state index contributed by atoms with van der Waals surface area (Å²) in [5.41, 5.74) is 11.0. The van der Waals surface area contributed by atoms with Crippen molar-refractivity contribution in [3.8, 4) is 11.4 Å². The molecule has 3 nitrogen and oxygen atoms in total. The van der Waals surface area contributed by atoms with Gasteiger partial charge in [0.1, 0.15) is 5.82 Å². The third kappa shape index (κ3) is 2.18. The van der Waals surface area contributed by atoms with Crippen LogP contribution in [0.1, 0.15) is 24.4 Å². The number of halogens is 1. The summed E-state index contributed by atoms with van der Waals surface area (Å²) < 4.78 is 2.33. The predicted molar refractivity (Wildman–Crippen MR) is 87.6 cm³/mol. The van der Waals surface area contributed by atoms with Crippen molar-refractivity contribution in [3.63, 3.8) is 0 Å². The van der Waals surface area contributed by atoms with Gasteiger partial charge >= 0.3 is 0 Å². The molecule has 1 fully saturated rings. The number of imidazole rings is 1. The molecule has 4 rings (SSSR count). The molecule has 3 aromatic rings. The van der Waals surface area contributed by atoms with E-state index in [0.29, 0.717) is 16.8 Å². The van der Waals surface area contributed by atoms with Crippen LogP contribution in [-0.2, 0) is 0 Å². The van der Waals surface area contributed by atoms with Gasteiger partial charge in [-0.15, -0.1) is 0 Å². The second kappa shape index (κ2) is 4.50. The van der Waals surface area contributed by atoms with E-state index in [1.54, 1.807) is 6.07 Å². The third-order valence-corrected chi connectivity index (χ3v) is 4.15. The number of anilines is 1. The van der Waals surface area contributed by atoms with Gasteiger partial charge in [0, 0.05) is 22.3 Å². The molecule has 2 N–H and O–H groups in total. The minimum atomic E-state index is 0.549. The number of aromatic nitrogens is 2. The van der Waals surface area contributed by atoms with Crippen molar-refractivity contribution in [2.45, 2.75) is 25.8 Å². The zero-order chi connectivity index (χ0) is 14.6. The maximum absolute atomic E-state index is 6.15. The topological polar surface area (TPSA) is 43.8 Å². The lowest BCUT2D eigenvalue weighted by molar-refractivity contribution is 0.775. The number of nitrogens with two attached hydrogens (primary N) is 1. The largest absolute Gasteiger partial charge is 0.399 e. The normalized spacial score (nSPS) is 14.8. The fraction of sp³-hybridized carbons (Fsp3) is 0.235. The molecule has 0 bridgehead atoms. The van der Waals surface area contributed by atoms with Crippen molar-refractivity contribution in [1.82, 2.24) is 9.55 Å². The molecule has 0 radical (unpaired) electrons. The Kier molecular flexibility index (Phi) is 2.73. The van der Waals surface area contributed by atoms with Crippen molar-refractivity contribution in [2.24, 2.45) is 0 Å². The van der Waals surface area contributed by atoms with Gasteiger partial charge in [-0.3, -0.25) is 0 Å². The molecule has 0 spiro atoms. The van der Waals surface area contributed by atoms with E-state index in [2.05, 4.69) is 29.7 Å². The predicted octanol–water partition coefficient (Wildman–Crippen LogP) is 4.58. The fourth-order valence-electron chi connectivity index (χ4n) is 2.86. The molecule has 0 unspecified atom stereocenters. The summed E-state index contributed by atoms with van der Waals surface area (Å²) in [4.78, 5) is 4.84. The van der Waals surface area contributed by atoms with Crippen LogP contribution in [0, 0.1) is 6.92 Å². The molecular weight excluding hydrogens is 282 g/mol. The molecule has 0 saturated heterocycles. The second-order valence-corrected chi connectivity index (χ2v) is 6.24. The van der Waals surface area contributed by atoms with Crippen LogP contribution in [-0.4, -0.2) is 9.55 Å². The van der Waals surface area contributed by atoms with Gasteiger partial charge in [-0.05, 0) is 55.7 Å². The number of nitrogen functional groups attached to an aromatic ring is 1. The maximum Gasteiger partial charge on any atom is 0.141 e. The summed E-state index contributed by atoms with van der Waals surface area (Å²) in [6.07, 6.45) is 2.42. The molecule has 2 aromatic carbocycles. The number of fused-ring (bicyclic) bond motifs is 1. The number of rotatable bonds is 2. The molecule has 4 heteroatoms. The Balaban J connectivity index is 2.00. The lowest BCUT2D eigenvalue weighted by Crippen LogP contribution is -1.98. The molecular formula is C17H16ClN3. The molecule has 0 atom stereocenters. The summed E-state index contributed by atoms with van der Waals surface area (Å²) in [6.45, 7) is 2.09. The van der Waals surface area contributed by atoms with Gasteiger partial charge in [0.2, 0.25) is 0 Å². The standard InChI is InChI=1S/C17H16ClN3/c1-10-2-5-16-15(6-10)20-17(21(16)14-3-4-14)11-7-12(18)9-13(19)8-11/h2,5-9,14H,3-4,19H2,1H3. The van der Waals surface area contributed by atoms with E-state index in [9.17, 15) is 0 Å². The monoisotopic (exact) mass is 297 g/mol. The van der Waals surface area contributed by atoms with Gasteiger partial charge in [-0.1, -0.05) is 17.7 Å². The highest BCUT2D eigenvalue weighted by atomic mass is 35.5. The van der Waals surface area contributed by atoms with Crippen LogP contribution in [0.4, 0.5) is 5.69 Å². The fourth-order valence-corrected chi connectivity index (χ4v) is 3.10. The molecule has 1 saturated carbocycles.